The van der Waals surface area contributed by atoms with Gasteiger partial charge in [0.15, 0.2) is 0 Å². The van der Waals surface area contributed by atoms with Crippen LogP contribution in [0.25, 0.3) is 10.9 Å². The number of nitrogens with zero attached hydrogens (tertiary/aromatic N) is 1. The Morgan fingerprint density at radius 3 is 2.81 bits per heavy atom. The van der Waals surface area contributed by atoms with Crippen molar-refractivity contribution >= 4 is 34.4 Å². The van der Waals surface area contributed by atoms with Crippen LogP contribution in [0.2, 0.25) is 0 Å². The van der Waals surface area contributed by atoms with E-state index in [9.17, 15) is 4.79 Å². The zero-order chi connectivity index (χ0) is 14.7. The number of carbonyl (C=O) groups excluding carboxylic acids is 1. The van der Waals surface area contributed by atoms with Crippen LogP contribution in [-0.4, -0.2) is 35.5 Å². The first-order valence-corrected chi connectivity index (χ1v) is 8.39. The lowest BCUT2D eigenvalue weighted by molar-refractivity contribution is 0.0936. The molecule has 2 aromatic rings. The van der Waals surface area contributed by atoms with E-state index in [1.54, 1.807) is 0 Å². The van der Waals surface area contributed by atoms with Crippen LogP contribution >= 0.6 is 11.8 Å². The molecule has 3 rings (SSSR count). The number of hydrogen-bond donors (Lipinski definition) is 2. The number of benzene rings is 1. The van der Waals surface area contributed by atoms with Gasteiger partial charge < -0.3 is 10.6 Å². The maximum atomic E-state index is 12.6. The second-order valence-electron chi connectivity index (χ2n) is 5.18. The molecule has 1 saturated heterocycles. The van der Waals surface area contributed by atoms with Crippen molar-refractivity contribution in [3.05, 3.63) is 35.9 Å². The largest absolute Gasteiger partial charge is 0.373 e. The highest BCUT2D eigenvalue weighted by molar-refractivity contribution is 7.99. The Hall–Kier alpha value is -1.75. The molecule has 21 heavy (non-hydrogen) atoms. The summed E-state index contributed by atoms with van der Waals surface area (Å²) >= 11 is 1.96. The molecule has 0 saturated carbocycles. The molecule has 0 radical (unpaired) electrons. The van der Waals surface area contributed by atoms with E-state index in [-0.39, 0.29) is 5.91 Å². The average Bonchev–Trinajstić information content (AvgIpc) is 2.54. The summed E-state index contributed by atoms with van der Waals surface area (Å²) in [5.74, 6) is 2.98. The third-order valence-electron chi connectivity index (χ3n) is 3.77. The minimum atomic E-state index is 0.00185. The van der Waals surface area contributed by atoms with E-state index in [1.807, 2.05) is 49.1 Å². The van der Waals surface area contributed by atoms with Crippen LogP contribution in [-0.2, 0) is 0 Å². The third-order valence-corrected chi connectivity index (χ3v) is 4.82. The lowest BCUT2D eigenvalue weighted by atomic mass is 10.1. The van der Waals surface area contributed by atoms with Crippen LogP contribution in [0.3, 0.4) is 0 Å². The fourth-order valence-corrected chi connectivity index (χ4v) is 3.70. The lowest BCUT2D eigenvalue weighted by Gasteiger charge is -2.23. The summed E-state index contributed by atoms with van der Waals surface area (Å²) in [6, 6.07) is 9.89. The monoisotopic (exact) mass is 301 g/mol. The summed E-state index contributed by atoms with van der Waals surface area (Å²) in [6.45, 7) is 0. The number of pyridine rings is 1. The van der Waals surface area contributed by atoms with E-state index in [0.29, 0.717) is 11.6 Å². The van der Waals surface area contributed by atoms with Crippen molar-refractivity contribution in [3.8, 4) is 0 Å². The van der Waals surface area contributed by atoms with Crippen molar-refractivity contribution in [2.75, 3.05) is 23.9 Å². The van der Waals surface area contributed by atoms with E-state index in [1.165, 1.54) is 0 Å². The van der Waals surface area contributed by atoms with Crippen molar-refractivity contribution < 1.29 is 4.79 Å². The molecule has 1 aliphatic heterocycles. The minimum Gasteiger partial charge on any atom is -0.373 e. The maximum absolute atomic E-state index is 12.6. The fraction of sp³-hybridized carbons (Fsp3) is 0.375. The summed E-state index contributed by atoms with van der Waals surface area (Å²) in [6.07, 6.45) is 2.11. The molecule has 4 nitrogen and oxygen atoms in total. The lowest BCUT2D eigenvalue weighted by Crippen LogP contribution is -2.37. The Kier molecular flexibility index (Phi) is 4.29. The third kappa shape index (κ3) is 3.13. The summed E-state index contributed by atoms with van der Waals surface area (Å²) in [5, 5.41) is 7.10. The van der Waals surface area contributed by atoms with Gasteiger partial charge in [0.1, 0.15) is 5.82 Å². The number of amides is 1. The molecule has 1 fully saturated rings. The van der Waals surface area contributed by atoms with E-state index >= 15 is 0 Å². The van der Waals surface area contributed by atoms with Gasteiger partial charge in [-0.05, 0) is 36.5 Å². The quantitative estimate of drug-likeness (QED) is 0.915. The van der Waals surface area contributed by atoms with Crippen LogP contribution in [0, 0.1) is 0 Å². The van der Waals surface area contributed by atoms with Gasteiger partial charge in [0, 0.05) is 18.5 Å². The predicted octanol–water partition coefficient (Wildman–Crippen LogP) is 2.90. The molecule has 1 aromatic heterocycles. The van der Waals surface area contributed by atoms with Crippen molar-refractivity contribution in [2.24, 2.45) is 0 Å². The van der Waals surface area contributed by atoms with Crippen LogP contribution in [0.15, 0.2) is 30.3 Å². The fourth-order valence-electron chi connectivity index (χ4n) is 2.60. The highest BCUT2D eigenvalue weighted by atomic mass is 32.2. The van der Waals surface area contributed by atoms with E-state index in [0.717, 1.165) is 41.1 Å². The molecule has 5 heteroatoms. The Morgan fingerprint density at radius 1 is 1.29 bits per heavy atom. The number of para-hydroxylation sites is 1. The zero-order valence-electron chi connectivity index (χ0n) is 12.1. The SMILES string of the molecule is CNc1cc(C(=O)NC2CCSCC2)c2ccccc2n1. The van der Waals surface area contributed by atoms with Crippen molar-refractivity contribution in [1.82, 2.24) is 10.3 Å². The Balaban J connectivity index is 1.92. The van der Waals surface area contributed by atoms with Crippen molar-refractivity contribution in [3.63, 3.8) is 0 Å². The second-order valence-corrected chi connectivity index (χ2v) is 6.41. The molecule has 0 atom stereocenters. The Labute approximate surface area is 128 Å². The standard InChI is InChI=1S/C16H19N3OS/c1-17-15-10-13(12-4-2-3-5-14(12)19-15)16(20)18-11-6-8-21-9-7-11/h2-5,10-11H,6-9H2,1H3,(H,17,19)(H,18,20). The average molecular weight is 301 g/mol. The maximum Gasteiger partial charge on any atom is 0.252 e. The van der Waals surface area contributed by atoms with Gasteiger partial charge >= 0.3 is 0 Å². The van der Waals surface area contributed by atoms with E-state index in [2.05, 4.69) is 15.6 Å². The number of rotatable bonds is 3. The van der Waals surface area contributed by atoms with Crippen LogP contribution in [0.5, 0.6) is 0 Å². The molecule has 0 unspecified atom stereocenters. The van der Waals surface area contributed by atoms with Gasteiger partial charge in [0.25, 0.3) is 5.91 Å². The topological polar surface area (TPSA) is 54.0 Å². The van der Waals surface area contributed by atoms with E-state index in [4.69, 9.17) is 0 Å². The first kappa shape index (κ1) is 14.2. The molecule has 1 aliphatic rings. The Morgan fingerprint density at radius 2 is 2.05 bits per heavy atom. The van der Waals surface area contributed by atoms with Gasteiger partial charge in [0.2, 0.25) is 0 Å². The highest BCUT2D eigenvalue weighted by Gasteiger charge is 2.19. The van der Waals surface area contributed by atoms with Crippen molar-refractivity contribution in [1.29, 1.82) is 0 Å². The summed E-state index contributed by atoms with van der Waals surface area (Å²) < 4.78 is 0. The summed E-state index contributed by atoms with van der Waals surface area (Å²) in [7, 11) is 1.82. The number of carbonyl (C=O) groups is 1. The number of thioether (sulfide) groups is 1. The van der Waals surface area contributed by atoms with Gasteiger partial charge in [-0.15, -0.1) is 0 Å². The van der Waals surface area contributed by atoms with Gasteiger partial charge in [-0.25, -0.2) is 4.98 Å². The second kappa shape index (κ2) is 6.35. The van der Waals surface area contributed by atoms with Crippen LogP contribution in [0.1, 0.15) is 23.2 Å². The van der Waals surface area contributed by atoms with Gasteiger partial charge in [-0.1, -0.05) is 18.2 Å². The van der Waals surface area contributed by atoms with Crippen LogP contribution < -0.4 is 10.6 Å². The molecule has 2 heterocycles. The van der Waals surface area contributed by atoms with Crippen molar-refractivity contribution in [2.45, 2.75) is 18.9 Å². The predicted molar refractivity (Wildman–Crippen MR) is 89.1 cm³/mol. The first-order valence-electron chi connectivity index (χ1n) is 7.24. The highest BCUT2D eigenvalue weighted by Crippen LogP contribution is 2.22. The Bertz CT molecular complexity index is 653. The molecular weight excluding hydrogens is 282 g/mol. The normalized spacial score (nSPS) is 15.9. The smallest absolute Gasteiger partial charge is 0.252 e. The molecule has 110 valence electrons. The number of aromatic nitrogens is 1. The van der Waals surface area contributed by atoms with Gasteiger partial charge in [0.05, 0.1) is 11.1 Å². The summed E-state index contributed by atoms with van der Waals surface area (Å²) in [5.41, 5.74) is 1.54. The van der Waals surface area contributed by atoms with Gasteiger partial charge in [-0.3, -0.25) is 4.79 Å². The molecular formula is C16H19N3OS. The zero-order valence-corrected chi connectivity index (χ0v) is 12.9. The molecule has 0 aliphatic carbocycles. The van der Waals surface area contributed by atoms with Crippen LogP contribution in [0.4, 0.5) is 5.82 Å². The molecule has 1 amide bonds. The first-order chi connectivity index (χ1) is 10.3. The number of hydrogen-bond acceptors (Lipinski definition) is 4. The number of fused-ring (bicyclic) bond motifs is 1. The number of anilines is 1. The van der Waals surface area contributed by atoms with Gasteiger partial charge in [-0.2, -0.15) is 11.8 Å². The molecule has 0 bridgehead atoms. The molecule has 0 spiro atoms. The summed E-state index contributed by atoms with van der Waals surface area (Å²) in [4.78, 5) is 17.1. The minimum absolute atomic E-state index is 0.00185. The number of nitrogens with one attached hydrogen (secondary N) is 2. The molecule has 2 N–H and O–H groups in total. The van der Waals surface area contributed by atoms with E-state index < -0.39 is 0 Å². The molecule has 1 aromatic carbocycles.